The van der Waals surface area contributed by atoms with Crippen LogP contribution in [0.2, 0.25) is 0 Å². The summed E-state index contributed by atoms with van der Waals surface area (Å²) >= 11 is 6.46. The van der Waals surface area contributed by atoms with Crippen LogP contribution in [0.5, 0.6) is 0 Å². The normalized spacial score (nSPS) is 17.2. The van der Waals surface area contributed by atoms with Gasteiger partial charge in [0.25, 0.3) is 0 Å². The van der Waals surface area contributed by atoms with Crippen LogP contribution in [0.15, 0.2) is 72.2 Å². The SMILES string of the molecule is C=C1C(Cl)=CC(c2nc3cnc(N4CCOCC4)cc3n2Cc2ccccc2)=CN1C. The zero-order valence-electron chi connectivity index (χ0n) is 17.5. The van der Waals surface area contributed by atoms with Gasteiger partial charge in [-0.2, -0.15) is 0 Å². The first-order valence-electron chi connectivity index (χ1n) is 10.3. The summed E-state index contributed by atoms with van der Waals surface area (Å²) in [6.07, 6.45) is 5.82. The summed E-state index contributed by atoms with van der Waals surface area (Å²) in [6, 6.07) is 12.5. The van der Waals surface area contributed by atoms with Gasteiger partial charge in [0.05, 0.1) is 35.7 Å². The lowest BCUT2D eigenvalue weighted by Gasteiger charge is -2.27. The van der Waals surface area contributed by atoms with Crippen LogP contribution in [-0.2, 0) is 11.3 Å². The van der Waals surface area contributed by atoms with Crippen molar-refractivity contribution in [1.29, 1.82) is 0 Å². The number of nitrogens with zero attached hydrogens (tertiary/aromatic N) is 5. The third kappa shape index (κ3) is 3.84. The maximum atomic E-state index is 6.46. The second-order valence-corrected chi connectivity index (χ2v) is 8.18. The Morgan fingerprint density at radius 2 is 1.94 bits per heavy atom. The molecule has 2 aromatic heterocycles. The minimum Gasteiger partial charge on any atom is -0.378 e. The van der Waals surface area contributed by atoms with Gasteiger partial charge in [-0.05, 0) is 11.6 Å². The summed E-state index contributed by atoms with van der Waals surface area (Å²) in [5, 5.41) is 0.616. The van der Waals surface area contributed by atoms with Gasteiger partial charge in [0.15, 0.2) is 0 Å². The third-order valence-electron chi connectivity index (χ3n) is 5.71. The predicted molar refractivity (Wildman–Crippen MR) is 125 cm³/mol. The Hall–Kier alpha value is -3.09. The van der Waals surface area contributed by atoms with E-state index in [1.54, 1.807) is 0 Å². The molecular formula is C24H24ClN5O. The second-order valence-electron chi connectivity index (χ2n) is 7.77. The zero-order chi connectivity index (χ0) is 21.4. The lowest BCUT2D eigenvalue weighted by atomic mass is 10.1. The van der Waals surface area contributed by atoms with E-state index in [0.29, 0.717) is 11.6 Å². The molecule has 1 aromatic carbocycles. The number of imidazole rings is 1. The molecule has 2 aliphatic heterocycles. The first kappa shape index (κ1) is 19.8. The van der Waals surface area contributed by atoms with E-state index in [2.05, 4.69) is 51.4 Å². The van der Waals surface area contributed by atoms with Crippen LogP contribution in [0.25, 0.3) is 16.6 Å². The quantitative estimate of drug-likeness (QED) is 0.616. The molecule has 5 rings (SSSR count). The molecule has 0 saturated carbocycles. The first-order valence-corrected chi connectivity index (χ1v) is 10.7. The van der Waals surface area contributed by atoms with Gasteiger partial charge in [-0.1, -0.05) is 48.5 Å². The van der Waals surface area contributed by atoms with E-state index in [-0.39, 0.29) is 0 Å². The number of hydrogen-bond acceptors (Lipinski definition) is 5. The molecule has 0 bridgehead atoms. The van der Waals surface area contributed by atoms with Crippen LogP contribution in [0.3, 0.4) is 0 Å². The van der Waals surface area contributed by atoms with Crippen molar-refractivity contribution in [2.45, 2.75) is 6.54 Å². The van der Waals surface area contributed by atoms with Crippen molar-refractivity contribution in [3.8, 4) is 0 Å². The van der Waals surface area contributed by atoms with Gasteiger partial charge in [0, 0.05) is 44.5 Å². The van der Waals surface area contributed by atoms with Gasteiger partial charge in [0.1, 0.15) is 17.2 Å². The summed E-state index contributed by atoms with van der Waals surface area (Å²) in [4.78, 5) is 13.8. The largest absolute Gasteiger partial charge is 0.378 e. The van der Waals surface area contributed by atoms with Crippen molar-refractivity contribution >= 4 is 34.0 Å². The average molecular weight is 434 g/mol. The molecule has 0 N–H and O–H groups in total. The number of likely N-dealkylation sites (N-methyl/N-ethyl adjacent to an activating group) is 1. The summed E-state index contributed by atoms with van der Waals surface area (Å²) < 4.78 is 7.74. The average Bonchev–Trinajstić information content (AvgIpc) is 3.16. The van der Waals surface area contributed by atoms with Crippen LogP contribution in [0.4, 0.5) is 5.82 Å². The Morgan fingerprint density at radius 1 is 1.16 bits per heavy atom. The van der Waals surface area contributed by atoms with Crippen molar-refractivity contribution < 1.29 is 4.74 Å². The maximum Gasteiger partial charge on any atom is 0.143 e. The fraction of sp³-hybridized carbons (Fsp3) is 0.250. The number of rotatable bonds is 4. The molecule has 0 amide bonds. The molecule has 1 saturated heterocycles. The van der Waals surface area contributed by atoms with Gasteiger partial charge in [-0.15, -0.1) is 0 Å². The molecule has 158 valence electrons. The summed E-state index contributed by atoms with van der Waals surface area (Å²) in [6.45, 7) is 7.86. The van der Waals surface area contributed by atoms with Crippen molar-refractivity contribution in [3.05, 3.63) is 83.6 Å². The van der Waals surface area contributed by atoms with Gasteiger partial charge in [-0.25, -0.2) is 9.97 Å². The smallest absolute Gasteiger partial charge is 0.143 e. The van der Waals surface area contributed by atoms with E-state index in [4.69, 9.17) is 21.3 Å². The molecule has 7 heteroatoms. The topological polar surface area (TPSA) is 46.4 Å². The van der Waals surface area contributed by atoms with Gasteiger partial charge < -0.3 is 19.1 Å². The monoisotopic (exact) mass is 433 g/mol. The van der Waals surface area contributed by atoms with E-state index >= 15 is 0 Å². The number of pyridine rings is 1. The highest BCUT2D eigenvalue weighted by Crippen LogP contribution is 2.32. The van der Waals surface area contributed by atoms with Crippen LogP contribution < -0.4 is 4.90 Å². The van der Waals surface area contributed by atoms with E-state index in [1.165, 1.54) is 5.56 Å². The fourth-order valence-electron chi connectivity index (χ4n) is 3.96. The molecule has 0 aliphatic carbocycles. The Bertz CT molecular complexity index is 1190. The first-order chi connectivity index (χ1) is 15.1. The number of anilines is 1. The number of halogens is 1. The van der Waals surface area contributed by atoms with E-state index in [9.17, 15) is 0 Å². The van der Waals surface area contributed by atoms with Crippen molar-refractivity contribution in [2.75, 3.05) is 38.3 Å². The number of aromatic nitrogens is 3. The van der Waals surface area contributed by atoms with Crippen molar-refractivity contribution in [2.24, 2.45) is 0 Å². The Kier molecular flexibility index (Phi) is 5.26. The summed E-state index contributed by atoms with van der Waals surface area (Å²) in [5.74, 6) is 1.81. The van der Waals surface area contributed by atoms with Crippen molar-refractivity contribution in [3.63, 3.8) is 0 Å². The number of ether oxygens (including phenoxy) is 1. The minimum atomic E-state index is 0.616. The standard InChI is InChI=1S/C24H24ClN5O/c1-17-20(25)12-19(16-28(17)2)24-27-21-14-26-23(29-8-10-31-11-9-29)13-22(21)30(24)15-18-6-4-3-5-7-18/h3-7,12-14,16H,1,8-11,15H2,2H3. The summed E-state index contributed by atoms with van der Waals surface area (Å²) in [5.41, 5.74) is 4.83. The molecule has 0 unspecified atom stereocenters. The lowest BCUT2D eigenvalue weighted by molar-refractivity contribution is 0.122. The molecule has 2 aliphatic rings. The van der Waals surface area contributed by atoms with Gasteiger partial charge in [-0.3, -0.25) is 0 Å². The molecule has 3 aromatic rings. The van der Waals surface area contributed by atoms with Gasteiger partial charge in [0.2, 0.25) is 0 Å². The molecule has 31 heavy (non-hydrogen) atoms. The second kappa shape index (κ2) is 8.21. The molecule has 0 spiro atoms. The molecule has 6 nitrogen and oxygen atoms in total. The molecule has 0 radical (unpaired) electrons. The Balaban J connectivity index is 1.64. The molecule has 1 fully saturated rings. The number of fused-ring (bicyclic) bond motifs is 1. The summed E-state index contributed by atoms with van der Waals surface area (Å²) in [7, 11) is 1.94. The van der Waals surface area contributed by atoms with Crippen LogP contribution in [-0.4, -0.2) is 52.8 Å². The highest BCUT2D eigenvalue weighted by atomic mass is 35.5. The third-order valence-corrected chi connectivity index (χ3v) is 6.04. The Labute approximate surface area is 186 Å². The Morgan fingerprint density at radius 3 is 2.68 bits per heavy atom. The number of hydrogen-bond donors (Lipinski definition) is 0. The maximum absolute atomic E-state index is 6.46. The van der Waals surface area contributed by atoms with E-state index in [1.807, 2.05) is 36.5 Å². The molecular weight excluding hydrogens is 410 g/mol. The highest BCUT2D eigenvalue weighted by Gasteiger charge is 2.21. The number of morpholine rings is 1. The van der Waals surface area contributed by atoms with Crippen LogP contribution in [0, 0.1) is 0 Å². The van der Waals surface area contributed by atoms with Crippen molar-refractivity contribution in [1.82, 2.24) is 19.4 Å². The fourth-order valence-corrected chi connectivity index (χ4v) is 4.21. The lowest BCUT2D eigenvalue weighted by Crippen LogP contribution is -2.36. The zero-order valence-corrected chi connectivity index (χ0v) is 18.2. The molecule has 4 heterocycles. The highest BCUT2D eigenvalue weighted by molar-refractivity contribution is 6.32. The predicted octanol–water partition coefficient (Wildman–Crippen LogP) is 4.24. The van der Waals surface area contributed by atoms with E-state index in [0.717, 1.165) is 60.2 Å². The van der Waals surface area contributed by atoms with E-state index < -0.39 is 0 Å². The number of benzene rings is 1. The minimum absolute atomic E-state index is 0.616. The number of allylic oxidation sites excluding steroid dienone is 3. The van der Waals surface area contributed by atoms with Crippen LogP contribution >= 0.6 is 11.6 Å². The molecule has 0 atom stereocenters. The van der Waals surface area contributed by atoms with Crippen LogP contribution in [0.1, 0.15) is 11.4 Å². The van der Waals surface area contributed by atoms with Gasteiger partial charge >= 0.3 is 0 Å².